The number of rotatable bonds is 3. The molecule has 12 heavy (non-hydrogen) atoms. The van der Waals surface area contributed by atoms with E-state index in [1.54, 1.807) is 11.8 Å². The van der Waals surface area contributed by atoms with Crippen LogP contribution in [-0.4, -0.2) is 13.8 Å². The van der Waals surface area contributed by atoms with Crippen molar-refractivity contribution in [2.45, 2.75) is 45.5 Å². The van der Waals surface area contributed by atoms with E-state index in [1.807, 2.05) is 13.0 Å². The Morgan fingerprint density at radius 3 is 2.08 bits per heavy atom. The smallest absolute Gasteiger partial charge is 0.275 e. The number of thioether (sulfide) groups is 1. The van der Waals surface area contributed by atoms with Crippen LogP contribution in [0.25, 0.3) is 0 Å². The van der Waals surface area contributed by atoms with Crippen molar-refractivity contribution in [2.75, 3.05) is 0 Å². The second-order valence-electron chi connectivity index (χ2n) is 3.83. The Morgan fingerprint density at radius 2 is 1.83 bits per heavy atom. The van der Waals surface area contributed by atoms with Gasteiger partial charge in [0.05, 0.1) is 0 Å². The summed E-state index contributed by atoms with van der Waals surface area (Å²) in [5.41, 5.74) is 0. The third-order valence-corrected chi connectivity index (χ3v) is 2.86. The lowest BCUT2D eigenvalue weighted by atomic mass is 10.3. The molecule has 0 aliphatic rings. The summed E-state index contributed by atoms with van der Waals surface area (Å²) in [5, 5.41) is 1.07. The average molecular weight is 203 g/mol. The summed E-state index contributed by atoms with van der Waals surface area (Å²) in [4.78, 5) is 0. The second kappa shape index (κ2) is 4.97. The molecule has 0 heterocycles. The van der Waals surface area contributed by atoms with Gasteiger partial charge in [0, 0.05) is 4.75 Å². The van der Waals surface area contributed by atoms with Gasteiger partial charge >= 0.3 is 0 Å². The maximum Gasteiger partial charge on any atom is 0.275 e. The number of hydrogen-bond donors (Lipinski definition) is 0. The molecule has 0 atom stereocenters. The van der Waals surface area contributed by atoms with E-state index in [4.69, 9.17) is 4.43 Å². The Kier molecular flexibility index (Phi) is 5.02. The molecular weight excluding hydrogens is 184 g/mol. The Morgan fingerprint density at radius 1 is 1.33 bits per heavy atom. The first-order valence-electron chi connectivity index (χ1n) is 4.18. The van der Waals surface area contributed by atoms with Crippen LogP contribution in [0.1, 0.15) is 27.7 Å². The predicted octanol–water partition coefficient (Wildman–Crippen LogP) is 3.65. The molecule has 0 rings (SSSR count). The van der Waals surface area contributed by atoms with Gasteiger partial charge in [-0.25, -0.2) is 0 Å². The highest BCUT2D eigenvalue weighted by Gasteiger charge is 2.15. The third kappa shape index (κ3) is 6.79. The molecule has 71 valence electrons. The van der Waals surface area contributed by atoms with E-state index in [9.17, 15) is 0 Å². The maximum absolute atomic E-state index is 5.70. The lowest BCUT2D eigenvalue weighted by molar-refractivity contribution is 0.481. The third-order valence-electron chi connectivity index (χ3n) is 0.947. The normalized spacial score (nSPS) is 13.8. The highest BCUT2D eigenvalue weighted by atomic mass is 32.2. The lowest BCUT2D eigenvalue weighted by Crippen LogP contribution is -2.12. The van der Waals surface area contributed by atoms with Crippen molar-refractivity contribution in [3.63, 3.8) is 0 Å². The fourth-order valence-corrected chi connectivity index (χ4v) is 2.55. The van der Waals surface area contributed by atoms with Gasteiger partial charge in [-0.1, -0.05) is 32.5 Å². The Labute approximate surface area is 82.3 Å². The van der Waals surface area contributed by atoms with Crippen LogP contribution in [0.4, 0.5) is 0 Å². The van der Waals surface area contributed by atoms with E-state index in [0.717, 1.165) is 5.09 Å². The number of hydrogen-bond acceptors (Lipinski definition) is 2. The molecular formula is C9H19OSSi. The van der Waals surface area contributed by atoms with E-state index in [0.29, 0.717) is 0 Å². The van der Waals surface area contributed by atoms with Crippen LogP contribution in [0.3, 0.4) is 0 Å². The molecule has 0 N–H and O–H groups in total. The monoisotopic (exact) mass is 203 g/mol. The summed E-state index contributed by atoms with van der Waals surface area (Å²) in [5.74, 6) is 0. The molecule has 1 nitrogen and oxygen atoms in total. The Bertz CT molecular complexity index is 158. The molecule has 0 aliphatic carbocycles. The van der Waals surface area contributed by atoms with Gasteiger partial charge in [0.15, 0.2) is 0 Å². The molecule has 0 saturated carbocycles. The van der Waals surface area contributed by atoms with Crippen LogP contribution < -0.4 is 0 Å². The molecule has 0 amide bonds. The van der Waals surface area contributed by atoms with E-state index in [2.05, 4.69) is 33.9 Å². The first kappa shape index (κ1) is 12.1. The lowest BCUT2D eigenvalue weighted by Gasteiger charge is -2.21. The van der Waals surface area contributed by atoms with Gasteiger partial charge in [0.1, 0.15) is 5.09 Å². The average Bonchev–Trinajstić information content (AvgIpc) is 1.82. The second-order valence-corrected chi connectivity index (χ2v) is 7.68. The minimum absolute atomic E-state index is 0.249. The molecule has 0 aromatic heterocycles. The molecule has 1 radical (unpaired) electrons. The summed E-state index contributed by atoms with van der Waals surface area (Å²) < 4.78 is 5.95. The summed E-state index contributed by atoms with van der Waals surface area (Å²) in [6, 6.07) is 0. The zero-order chi connectivity index (χ0) is 9.78. The molecule has 0 saturated heterocycles. The van der Waals surface area contributed by atoms with E-state index >= 15 is 0 Å². The molecule has 0 aromatic rings. The predicted molar refractivity (Wildman–Crippen MR) is 59.7 cm³/mol. The van der Waals surface area contributed by atoms with Crippen molar-refractivity contribution in [1.29, 1.82) is 0 Å². The summed E-state index contributed by atoms with van der Waals surface area (Å²) in [6.45, 7) is 12.9. The fourth-order valence-electron chi connectivity index (χ4n) is 0.642. The van der Waals surface area contributed by atoms with Crippen LogP contribution in [0.5, 0.6) is 0 Å². The first-order valence-corrected chi connectivity index (χ1v) is 7.41. The summed E-state index contributed by atoms with van der Waals surface area (Å²) >= 11 is 1.79. The molecule has 3 heteroatoms. The molecule has 0 spiro atoms. The van der Waals surface area contributed by atoms with Crippen molar-refractivity contribution >= 4 is 20.8 Å². The SMILES string of the molecule is C/C=C(/O[Si](C)C)SC(C)(C)C. The standard InChI is InChI=1S/C9H19OSSi/c1-7-8(10-12(5)6)11-9(2,3)4/h7H,1-6H3/b8-7-. The van der Waals surface area contributed by atoms with Crippen LogP contribution >= 0.6 is 11.8 Å². The minimum atomic E-state index is -0.606. The van der Waals surface area contributed by atoms with Gasteiger partial charge in [0.2, 0.25) is 0 Å². The maximum atomic E-state index is 5.70. The van der Waals surface area contributed by atoms with Crippen molar-refractivity contribution in [1.82, 2.24) is 0 Å². The molecule has 0 unspecified atom stereocenters. The Balaban J connectivity index is 4.03. The highest BCUT2D eigenvalue weighted by Crippen LogP contribution is 2.31. The zero-order valence-corrected chi connectivity index (χ0v) is 10.7. The zero-order valence-electron chi connectivity index (χ0n) is 8.89. The van der Waals surface area contributed by atoms with Crippen LogP contribution in [0, 0.1) is 0 Å². The van der Waals surface area contributed by atoms with Crippen molar-refractivity contribution in [3.8, 4) is 0 Å². The fraction of sp³-hybridized carbons (Fsp3) is 0.778. The molecule has 0 fully saturated rings. The minimum Gasteiger partial charge on any atom is -0.538 e. The van der Waals surface area contributed by atoms with Gasteiger partial charge in [-0.2, -0.15) is 0 Å². The largest absolute Gasteiger partial charge is 0.538 e. The van der Waals surface area contributed by atoms with E-state index in [-0.39, 0.29) is 4.75 Å². The van der Waals surface area contributed by atoms with Gasteiger partial charge in [-0.15, -0.1) is 0 Å². The number of allylic oxidation sites excluding steroid dienone is 1. The van der Waals surface area contributed by atoms with Crippen molar-refractivity contribution in [3.05, 3.63) is 11.2 Å². The molecule has 0 aromatic carbocycles. The van der Waals surface area contributed by atoms with Crippen LogP contribution in [-0.2, 0) is 4.43 Å². The summed E-state index contributed by atoms with van der Waals surface area (Å²) in [7, 11) is -0.606. The quantitative estimate of drug-likeness (QED) is 0.511. The van der Waals surface area contributed by atoms with Gasteiger partial charge < -0.3 is 4.43 Å². The van der Waals surface area contributed by atoms with Gasteiger partial charge in [-0.05, 0) is 26.1 Å². The Hall–Kier alpha value is 0.107. The van der Waals surface area contributed by atoms with Crippen molar-refractivity contribution in [2.24, 2.45) is 0 Å². The molecule has 0 bridgehead atoms. The van der Waals surface area contributed by atoms with E-state index in [1.165, 1.54) is 0 Å². The van der Waals surface area contributed by atoms with Crippen LogP contribution in [0.15, 0.2) is 11.2 Å². The summed E-state index contributed by atoms with van der Waals surface area (Å²) in [6.07, 6.45) is 2.05. The topological polar surface area (TPSA) is 9.23 Å². The van der Waals surface area contributed by atoms with E-state index < -0.39 is 9.04 Å². The first-order chi connectivity index (χ1) is 5.35. The van der Waals surface area contributed by atoms with Gasteiger partial charge in [-0.3, -0.25) is 0 Å². The highest BCUT2D eigenvalue weighted by molar-refractivity contribution is 8.04. The molecule has 0 aliphatic heterocycles. The van der Waals surface area contributed by atoms with Crippen molar-refractivity contribution < 1.29 is 4.43 Å². The van der Waals surface area contributed by atoms with Gasteiger partial charge in [0.25, 0.3) is 9.04 Å². The van der Waals surface area contributed by atoms with Crippen LogP contribution in [0.2, 0.25) is 13.1 Å².